The molecule has 2 aromatic carbocycles. The maximum absolute atomic E-state index is 10.2. The lowest BCUT2D eigenvalue weighted by Crippen LogP contribution is -2.25. The van der Waals surface area contributed by atoms with Crippen LogP contribution in [-0.4, -0.2) is 43.8 Å². The van der Waals surface area contributed by atoms with E-state index < -0.39 is 6.10 Å². The van der Waals surface area contributed by atoms with Gasteiger partial charge in [0.05, 0.1) is 11.6 Å². The van der Waals surface area contributed by atoms with Crippen molar-refractivity contribution in [1.82, 2.24) is 20.2 Å². The number of thioether (sulfide) groups is 1. The average molecular weight is 385 g/mol. The number of hydrogen-bond acceptors (Lipinski definition) is 6. The SMILES string of the molecule is CC(C)(C)n1nnnc1SCC(O)COc1ccc(-c2ccccc2)cc1. The first kappa shape index (κ1) is 19.4. The molecule has 0 aliphatic heterocycles. The van der Waals surface area contributed by atoms with Crippen molar-refractivity contribution in [3.63, 3.8) is 0 Å². The Hall–Kier alpha value is -2.38. The van der Waals surface area contributed by atoms with Crippen molar-refractivity contribution in [1.29, 1.82) is 0 Å². The van der Waals surface area contributed by atoms with Crippen LogP contribution in [0.1, 0.15) is 20.8 Å². The molecule has 1 unspecified atom stereocenters. The average Bonchev–Trinajstić information content (AvgIpc) is 3.15. The third kappa shape index (κ3) is 5.30. The van der Waals surface area contributed by atoms with Crippen LogP contribution in [0.2, 0.25) is 0 Å². The molecule has 0 amide bonds. The summed E-state index contributed by atoms with van der Waals surface area (Å²) in [7, 11) is 0. The van der Waals surface area contributed by atoms with E-state index in [1.165, 1.54) is 11.8 Å². The van der Waals surface area contributed by atoms with Gasteiger partial charge in [-0.25, -0.2) is 4.68 Å². The first-order valence-electron chi connectivity index (χ1n) is 8.81. The maximum atomic E-state index is 10.2. The Labute approximate surface area is 163 Å². The highest BCUT2D eigenvalue weighted by Crippen LogP contribution is 2.24. The van der Waals surface area contributed by atoms with Gasteiger partial charge in [0.2, 0.25) is 5.16 Å². The zero-order valence-electron chi connectivity index (χ0n) is 15.7. The van der Waals surface area contributed by atoms with E-state index in [1.54, 1.807) is 4.68 Å². The number of nitrogens with zero attached hydrogens (tertiary/aromatic N) is 4. The van der Waals surface area contributed by atoms with Gasteiger partial charge in [0.1, 0.15) is 12.4 Å². The lowest BCUT2D eigenvalue weighted by Gasteiger charge is -2.19. The molecule has 1 N–H and O–H groups in total. The highest BCUT2D eigenvalue weighted by molar-refractivity contribution is 7.99. The zero-order chi connectivity index (χ0) is 19.3. The van der Waals surface area contributed by atoms with Gasteiger partial charge in [0.15, 0.2) is 0 Å². The molecule has 7 heteroatoms. The molecular weight excluding hydrogens is 360 g/mol. The van der Waals surface area contributed by atoms with Crippen molar-refractivity contribution < 1.29 is 9.84 Å². The predicted molar refractivity (Wildman–Crippen MR) is 107 cm³/mol. The molecule has 0 saturated heterocycles. The van der Waals surface area contributed by atoms with Crippen molar-refractivity contribution in [2.24, 2.45) is 0 Å². The van der Waals surface area contributed by atoms with E-state index >= 15 is 0 Å². The van der Waals surface area contributed by atoms with E-state index in [0.717, 1.165) is 16.9 Å². The predicted octanol–water partition coefficient (Wildman–Crippen LogP) is 3.63. The van der Waals surface area contributed by atoms with Crippen LogP contribution in [0.15, 0.2) is 59.8 Å². The fourth-order valence-electron chi connectivity index (χ4n) is 2.48. The second kappa shape index (κ2) is 8.54. The Balaban J connectivity index is 1.50. The quantitative estimate of drug-likeness (QED) is 0.627. The van der Waals surface area contributed by atoms with Gasteiger partial charge in [-0.3, -0.25) is 0 Å². The van der Waals surface area contributed by atoms with E-state index in [2.05, 4.69) is 27.7 Å². The molecule has 1 heterocycles. The summed E-state index contributed by atoms with van der Waals surface area (Å²) < 4.78 is 7.46. The number of aliphatic hydroxyl groups excluding tert-OH is 1. The van der Waals surface area contributed by atoms with Crippen molar-refractivity contribution in [3.05, 3.63) is 54.6 Å². The number of hydrogen-bond donors (Lipinski definition) is 1. The Bertz CT molecular complexity index is 844. The van der Waals surface area contributed by atoms with Gasteiger partial charge in [-0.1, -0.05) is 54.2 Å². The molecule has 1 atom stereocenters. The van der Waals surface area contributed by atoms with Crippen LogP contribution >= 0.6 is 11.8 Å². The third-order valence-electron chi connectivity index (χ3n) is 3.88. The Morgan fingerprint density at radius 1 is 1.04 bits per heavy atom. The van der Waals surface area contributed by atoms with Gasteiger partial charge in [-0.2, -0.15) is 0 Å². The minimum absolute atomic E-state index is 0.201. The van der Waals surface area contributed by atoms with E-state index in [1.807, 2.05) is 63.2 Å². The van der Waals surface area contributed by atoms with Gasteiger partial charge in [-0.15, -0.1) is 5.10 Å². The Morgan fingerprint density at radius 2 is 1.70 bits per heavy atom. The first-order valence-corrected chi connectivity index (χ1v) is 9.80. The normalized spacial score (nSPS) is 12.7. The monoisotopic (exact) mass is 384 g/mol. The second-order valence-electron chi connectivity index (χ2n) is 7.21. The number of tetrazole rings is 1. The zero-order valence-corrected chi connectivity index (χ0v) is 16.6. The second-order valence-corrected chi connectivity index (χ2v) is 8.20. The molecule has 0 bridgehead atoms. The van der Waals surface area contributed by atoms with Gasteiger partial charge < -0.3 is 9.84 Å². The smallest absolute Gasteiger partial charge is 0.209 e. The van der Waals surface area contributed by atoms with Crippen molar-refractivity contribution >= 4 is 11.8 Å². The van der Waals surface area contributed by atoms with Crippen LogP contribution in [0.25, 0.3) is 11.1 Å². The van der Waals surface area contributed by atoms with Crippen LogP contribution in [0, 0.1) is 0 Å². The molecular formula is C20H24N4O2S. The van der Waals surface area contributed by atoms with E-state index in [9.17, 15) is 5.11 Å². The third-order valence-corrected chi connectivity index (χ3v) is 4.95. The Kier molecular flexibility index (Phi) is 6.13. The van der Waals surface area contributed by atoms with Crippen LogP contribution in [0.4, 0.5) is 0 Å². The number of aliphatic hydroxyl groups is 1. The lowest BCUT2D eigenvalue weighted by molar-refractivity contribution is 0.126. The number of aromatic nitrogens is 4. The summed E-state index contributed by atoms with van der Waals surface area (Å²) in [4.78, 5) is 0. The van der Waals surface area contributed by atoms with Crippen LogP contribution in [-0.2, 0) is 5.54 Å². The van der Waals surface area contributed by atoms with Crippen LogP contribution in [0.5, 0.6) is 5.75 Å². The van der Waals surface area contributed by atoms with Gasteiger partial charge in [-0.05, 0) is 54.5 Å². The maximum Gasteiger partial charge on any atom is 0.209 e. The summed E-state index contributed by atoms with van der Waals surface area (Å²) in [6.07, 6.45) is -0.617. The summed E-state index contributed by atoms with van der Waals surface area (Å²) in [5.74, 6) is 1.19. The van der Waals surface area contributed by atoms with Crippen LogP contribution < -0.4 is 4.74 Å². The fraction of sp³-hybridized carbons (Fsp3) is 0.350. The molecule has 6 nitrogen and oxygen atoms in total. The molecule has 0 saturated carbocycles. The van der Waals surface area contributed by atoms with Gasteiger partial charge in [0.25, 0.3) is 0 Å². The van der Waals surface area contributed by atoms with Crippen molar-refractivity contribution in [2.75, 3.05) is 12.4 Å². The summed E-state index contributed by atoms with van der Waals surface area (Å²) in [5, 5.41) is 22.7. The fourth-order valence-corrected chi connectivity index (χ4v) is 3.44. The molecule has 0 radical (unpaired) electrons. The number of ether oxygens (including phenoxy) is 1. The largest absolute Gasteiger partial charge is 0.491 e. The number of benzene rings is 2. The highest BCUT2D eigenvalue weighted by Gasteiger charge is 2.20. The molecule has 27 heavy (non-hydrogen) atoms. The summed E-state index contributed by atoms with van der Waals surface area (Å²) in [6.45, 7) is 6.32. The topological polar surface area (TPSA) is 73.1 Å². The molecule has 0 aliphatic rings. The van der Waals surface area contributed by atoms with Crippen LogP contribution in [0.3, 0.4) is 0 Å². The van der Waals surface area contributed by atoms with Gasteiger partial charge >= 0.3 is 0 Å². The minimum atomic E-state index is -0.617. The standard InChI is InChI=1S/C20H24N4O2S/c1-20(2,3)24-19(21-22-23-24)27-14-17(25)13-26-18-11-9-16(10-12-18)15-7-5-4-6-8-15/h4-12,17,25H,13-14H2,1-3H3. The lowest BCUT2D eigenvalue weighted by atomic mass is 10.1. The van der Waals surface area contributed by atoms with E-state index in [0.29, 0.717) is 10.9 Å². The van der Waals surface area contributed by atoms with Gasteiger partial charge in [0, 0.05) is 5.75 Å². The minimum Gasteiger partial charge on any atom is -0.491 e. The summed E-state index contributed by atoms with van der Waals surface area (Å²) in [6, 6.07) is 18.1. The summed E-state index contributed by atoms with van der Waals surface area (Å²) >= 11 is 1.42. The molecule has 0 spiro atoms. The van der Waals surface area contributed by atoms with E-state index in [4.69, 9.17) is 4.74 Å². The number of rotatable bonds is 7. The highest BCUT2D eigenvalue weighted by atomic mass is 32.2. The molecule has 142 valence electrons. The molecule has 0 fully saturated rings. The van der Waals surface area contributed by atoms with E-state index in [-0.39, 0.29) is 12.1 Å². The first-order chi connectivity index (χ1) is 12.9. The molecule has 3 rings (SSSR count). The summed E-state index contributed by atoms with van der Waals surface area (Å²) in [5.41, 5.74) is 2.10. The molecule has 3 aromatic rings. The Morgan fingerprint density at radius 3 is 2.37 bits per heavy atom. The van der Waals surface area contributed by atoms with Crippen molar-refractivity contribution in [3.8, 4) is 16.9 Å². The van der Waals surface area contributed by atoms with Crippen molar-refractivity contribution in [2.45, 2.75) is 37.6 Å². The molecule has 1 aromatic heterocycles. The molecule has 0 aliphatic carbocycles.